The molecule has 7 nitrogen and oxygen atoms in total. The summed E-state index contributed by atoms with van der Waals surface area (Å²) >= 11 is 6.02. The molecule has 1 aromatic rings. The Bertz CT molecular complexity index is 675. The molecule has 0 aromatic heterocycles. The molecular formula is C14H20ClN3O4S. The van der Waals surface area contributed by atoms with E-state index in [2.05, 4.69) is 5.32 Å². The van der Waals surface area contributed by atoms with Crippen LogP contribution < -0.4 is 5.32 Å². The van der Waals surface area contributed by atoms with Gasteiger partial charge in [0.25, 0.3) is 5.69 Å². The normalized spacial score (nSPS) is 16.7. The maximum absolute atomic E-state index is 13.0. The second-order valence-corrected chi connectivity index (χ2v) is 7.73. The number of non-ortho nitro benzene ring substituents is 1. The lowest BCUT2D eigenvalue weighted by Crippen LogP contribution is -2.46. The molecular weight excluding hydrogens is 342 g/mol. The van der Waals surface area contributed by atoms with Crippen LogP contribution in [0.1, 0.15) is 26.2 Å². The molecule has 0 unspecified atom stereocenters. The fraction of sp³-hybridized carbons (Fsp3) is 0.571. The lowest BCUT2D eigenvalue weighted by Gasteiger charge is -2.33. The Hall–Kier alpha value is -1.22. The van der Waals surface area contributed by atoms with E-state index in [1.54, 1.807) is 0 Å². The number of halogens is 1. The lowest BCUT2D eigenvalue weighted by atomic mass is 10.1. The van der Waals surface area contributed by atoms with Crippen molar-refractivity contribution in [3.8, 4) is 0 Å². The zero-order chi connectivity index (χ0) is 17.0. The number of sulfonamides is 1. The molecule has 9 heteroatoms. The van der Waals surface area contributed by atoms with E-state index < -0.39 is 14.9 Å². The van der Waals surface area contributed by atoms with E-state index in [4.69, 9.17) is 11.6 Å². The average molecular weight is 362 g/mol. The van der Waals surface area contributed by atoms with E-state index in [1.807, 2.05) is 6.92 Å². The molecule has 1 heterocycles. The number of nitrogens with zero attached hydrogens (tertiary/aromatic N) is 2. The van der Waals surface area contributed by atoms with Crippen molar-refractivity contribution in [1.29, 1.82) is 0 Å². The molecule has 1 fully saturated rings. The third-order valence-corrected chi connectivity index (χ3v) is 6.31. The molecule has 23 heavy (non-hydrogen) atoms. The molecule has 1 aliphatic heterocycles. The molecule has 1 N–H and O–H groups in total. The van der Waals surface area contributed by atoms with E-state index in [-0.39, 0.29) is 21.6 Å². The van der Waals surface area contributed by atoms with E-state index in [1.165, 1.54) is 16.4 Å². The molecule has 0 amide bonds. The van der Waals surface area contributed by atoms with Crippen LogP contribution in [0.5, 0.6) is 0 Å². The Labute approximate surface area is 140 Å². The Morgan fingerprint density at radius 2 is 2.04 bits per heavy atom. The SMILES string of the molecule is CCCN(C1CCNCC1)S(=O)(=O)c1ccc([N+](=O)[O-])cc1Cl. The first kappa shape index (κ1) is 18.1. The number of nitrogens with one attached hydrogen (secondary N) is 1. The molecule has 0 spiro atoms. The monoisotopic (exact) mass is 361 g/mol. The summed E-state index contributed by atoms with van der Waals surface area (Å²) in [5, 5.41) is 13.9. The van der Waals surface area contributed by atoms with Gasteiger partial charge in [0.2, 0.25) is 10.0 Å². The van der Waals surface area contributed by atoms with Gasteiger partial charge < -0.3 is 5.32 Å². The van der Waals surface area contributed by atoms with Gasteiger partial charge in [-0.3, -0.25) is 10.1 Å². The maximum Gasteiger partial charge on any atom is 0.271 e. The standard InChI is InChI=1S/C14H20ClN3O4S/c1-2-9-17(11-5-7-16-8-6-11)23(21,22)14-4-3-12(18(19)20)10-13(14)15/h3-4,10-11,16H,2,5-9H2,1H3. The molecule has 0 atom stereocenters. The topological polar surface area (TPSA) is 92.6 Å². The first-order valence-corrected chi connectivity index (χ1v) is 9.36. The number of hydrogen-bond donors (Lipinski definition) is 1. The van der Waals surface area contributed by atoms with Crippen LogP contribution in [-0.2, 0) is 10.0 Å². The van der Waals surface area contributed by atoms with Crippen LogP contribution in [0.25, 0.3) is 0 Å². The van der Waals surface area contributed by atoms with E-state index >= 15 is 0 Å². The number of piperidine rings is 1. The fourth-order valence-electron chi connectivity index (χ4n) is 2.75. The van der Waals surface area contributed by atoms with Crippen LogP contribution in [0.3, 0.4) is 0 Å². The highest BCUT2D eigenvalue weighted by Gasteiger charge is 2.33. The Balaban J connectivity index is 2.38. The molecule has 0 radical (unpaired) electrons. The van der Waals surface area contributed by atoms with Crippen LogP contribution in [0.2, 0.25) is 5.02 Å². The van der Waals surface area contributed by atoms with Crippen molar-refractivity contribution in [2.45, 2.75) is 37.1 Å². The van der Waals surface area contributed by atoms with Crippen LogP contribution in [0.15, 0.2) is 23.1 Å². The maximum atomic E-state index is 13.0. The Kier molecular flexibility index (Phi) is 5.96. The highest BCUT2D eigenvalue weighted by molar-refractivity contribution is 7.89. The summed E-state index contributed by atoms with van der Waals surface area (Å²) < 4.78 is 27.4. The highest BCUT2D eigenvalue weighted by atomic mass is 35.5. The van der Waals surface area contributed by atoms with Crippen molar-refractivity contribution in [3.63, 3.8) is 0 Å². The minimum atomic E-state index is -3.78. The van der Waals surface area contributed by atoms with Gasteiger partial charge in [-0.2, -0.15) is 4.31 Å². The van der Waals surface area contributed by atoms with Gasteiger partial charge >= 0.3 is 0 Å². The van der Waals surface area contributed by atoms with Gasteiger partial charge in [0.1, 0.15) is 4.90 Å². The van der Waals surface area contributed by atoms with Gasteiger partial charge in [-0.15, -0.1) is 0 Å². The first-order valence-electron chi connectivity index (χ1n) is 7.54. The van der Waals surface area contributed by atoms with Crippen molar-refractivity contribution in [3.05, 3.63) is 33.3 Å². The van der Waals surface area contributed by atoms with Crippen LogP contribution in [-0.4, -0.2) is 43.3 Å². The van der Waals surface area contributed by atoms with Crippen LogP contribution >= 0.6 is 11.6 Å². The van der Waals surface area contributed by atoms with E-state index in [0.29, 0.717) is 13.0 Å². The largest absolute Gasteiger partial charge is 0.317 e. The molecule has 128 valence electrons. The molecule has 2 rings (SSSR count). The minimum Gasteiger partial charge on any atom is -0.317 e. The number of rotatable bonds is 6. The van der Waals surface area contributed by atoms with E-state index in [0.717, 1.165) is 32.0 Å². The number of nitro benzene ring substituents is 1. The molecule has 0 aliphatic carbocycles. The van der Waals surface area contributed by atoms with Gasteiger partial charge in [0.05, 0.1) is 9.95 Å². The van der Waals surface area contributed by atoms with Gasteiger partial charge in [-0.1, -0.05) is 18.5 Å². The number of benzene rings is 1. The van der Waals surface area contributed by atoms with Gasteiger partial charge in [0.15, 0.2) is 0 Å². The molecule has 1 aromatic carbocycles. The van der Waals surface area contributed by atoms with Crippen LogP contribution in [0.4, 0.5) is 5.69 Å². The van der Waals surface area contributed by atoms with Gasteiger partial charge in [0, 0.05) is 24.7 Å². The predicted octanol–water partition coefficient (Wildman–Crippen LogP) is 2.40. The zero-order valence-electron chi connectivity index (χ0n) is 12.9. The minimum absolute atomic E-state index is 0.0725. The second-order valence-electron chi connectivity index (χ2n) is 5.47. The third-order valence-electron chi connectivity index (χ3n) is 3.87. The summed E-state index contributed by atoms with van der Waals surface area (Å²) in [6, 6.07) is 3.40. The van der Waals surface area contributed by atoms with Crippen molar-refractivity contribution >= 4 is 27.3 Å². The predicted molar refractivity (Wildman–Crippen MR) is 88.2 cm³/mol. The van der Waals surface area contributed by atoms with Crippen molar-refractivity contribution in [1.82, 2.24) is 9.62 Å². The van der Waals surface area contributed by atoms with Crippen molar-refractivity contribution in [2.24, 2.45) is 0 Å². The molecule has 1 saturated heterocycles. The number of nitro groups is 1. The fourth-order valence-corrected chi connectivity index (χ4v) is 5.04. The lowest BCUT2D eigenvalue weighted by molar-refractivity contribution is -0.384. The molecule has 0 saturated carbocycles. The van der Waals surface area contributed by atoms with Crippen molar-refractivity contribution in [2.75, 3.05) is 19.6 Å². The molecule has 1 aliphatic rings. The summed E-state index contributed by atoms with van der Waals surface area (Å²) in [7, 11) is -3.78. The summed E-state index contributed by atoms with van der Waals surface area (Å²) in [5.74, 6) is 0. The van der Waals surface area contributed by atoms with E-state index in [9.17, 15) is 18.5 Å². The summed E-state index contributed by atoms with van der Waals surface area (Å²) in [6.07, 6.45) is 2.17. The average Bonchev–Trinajstić information content (AvgIpc) is 2.52. The second kappa shape index (κ2) is 7.57. The summed E-state index contributed by atoms with van der Waals surface area (Å²) in [6.45, 7) is 3.87. The number of hydrogen-bond acceptors (Lipinski definition) is 5. The van der Waals surface area contributed by atoms with Gasteiger partial charge in [-0.05, 0) is 38.4 Å². The zero-order valence-corrected chi connectivity index (χ0v) is 14.4. The molecule has 0 bridgehead atoms. The van der Waals surface area contributed by atoms with Crippen molar-refractivity contribution < 1.29 is 13.3 Å². The summed E-state index contributed by atoms with van der Waals surface area (Å²) in [4.78, 5) is 10.1. The van der Waals surface area contributed by atoms with Gasteiger partial charge in [-0.25, -0.2) is 8.42 Å². The Morgan fingerprint density at radius 3 is 2.57 bits per heavy atom. The third kappa shape index (κ3) is 4.00. The van der Waals surface area contributed by atoms with Crippen LogP contribution in [0, 0.1) is 10.1 Å². The summed E-state index contributed by atoms with van der Waals surface area (Å²) in [5.41, 5.74) is -0.224. The Morgan fingerprint density at radius 1 is 1.39 bits per heavy atom. The quantitative estimate of drug-likeness (QED) is 0.620. The highest BCUT2D eigenvalue weighted by Crippen LogP contribution is 2.30. The smallest absolute Gasteiger partial charge is 0.271 e. The first-order chi connectivity index (χ1) is 10.9.